The Bertz CT molecular complexity index is 1140. The monoisotopic (exact) mass is 423 g/mol. The Morgan fingerprint density at radius 1 is 0.967 bits per heavy atom. The van der Waals surface area contributed by atoms with Crippen molar-refractivity contribution in [3.05, 3.63) is 89.7 Å². The highest BCUT2D eigenvalue weighted by atomic mass is 32.2. The lowest BCUT2D eigenvalue weighted by Gasteiger charge is -2.37. The number of nitrogens with one attached hydrogen (secondary N) is 1. The molecule has 0 bridgehead atoms. The summed E-state index contributed by atoms with van der Waals surface area (Å²) in [5, 5.41) is 0. The zero-order valence-corrected chi connectivity index (χ0v) is 17.8. The van der Waals surface area contributed by atoms with Gasteiger partial charge in [0.2, 0.25) is 10.0 Å². The van der Waals surface area contributed by atoms with Crippen LogP contribution in [0.25, 0.3) is 0 Å². The van der Waals surface area contributed by atoms with E-state index in [0.717, 1.165) is 17.8 Å². The molecule has 3 aromatic rings. The molecule has 0 aliphatic carbocycles. The third kappa shape index (κ3) is 3.91. The predicted molar refractivity (Wildman–Crippen MR) is 116 cm³/mol. The van der Waals surface area contributed by atoms with Crippen molar-refractivity contribution < 1.29 is 13.2 Å². The summed E-state index contributed by atoms with van der Waals surface area (Å²) in [7, 11) is -3.59. The van der Waals surface area contributed by atoms with Gasteiger partial charge < -0.3 is 9.47 Å². The Hall–Kier alpha value is -2.90. The molecule has 1 amide bonds. The number of carbonyl (C=O) groups is 1. The van der Waals surface area contributed by atoms with E-state index in [0.29, 0.717) is 12.1 Å². The number of fused-ring (bicyclic) bond motifs is 1. The minimum Gasteiger partial charge on any atom is -0.348 e. The summed E-state index contributed by atoms with van der Waals surface area (Å²) in [5.41, 5.74) is 2.59. The van der Waals surface area contributed by atoms with Crippen LogP contribution < -0.4 is 4.72 Å². The number of sulfonamides is 1. The van der Waals surface area contributed by atoms with Gasteiger partial charge in [0.25, 0.3) is 5.91 Å². The van der Waals surface area contributed by atoms with Crippen LogP contribution in [0.2, 0.25) is 0 Å². The molecule has 1 unspecified atom stereocenters. The van der Waals surface area contributed by atoms with Gasteiger partial charge in [0.1, 0.15) is 0 Å². The van der Waals surface area contributed by atoms with Crippen LogP contribution in [-0.4, -0.2) is 36.4 Å². The fraction of sp³-hybridized carbons (Fsp3) is 0.261. The fourth-order valence-corrected chi connectivity index (χ4v) is 5.16. The molecule has 0 radical (unpaired) electrons. The molecule has 156 valence electrons. The van der Waals surface area contributed by atoms with Crippen LogP contribution in [0.1, 0.15) is 41.5 Å². The Morgan fingerprint density at radius 2 is 1.67 bits per heavy atom. The van der Waals surface area contributed by atoms with Crippen LogP contribution in [0, 0.1) is 0 Å². The maximum Gasteiger partial charge on any atom is 0.254 e. The molecule has 0 fully saturated rings. The van der Waals surface area contributed by atoms with E-state index in [4.69, 9.17) is 0 Å². The van der Waals surface area contributed by atoms with Gasteiger partial charge in [0.05, 0.1) is 10.9 Å². The summed E-state index contributed by atoms with van der Waals surface area (Å²) in [5.74, 6) is -0.114. The van der Waals surface area contributed by atoms with Crippen molar-refractivity contribution in [1.29, 1.82) is 0 Å². The summed E-state index contributed by atoms with van der Waals surface area (Å²) in [6.45, 7) is 4.84. The van der Waals surface area contributed by atoms with Gasteiger partial charge in [-0.05, 0) is 55.8 Å². The van der Waals surface area contributed by atoms with Crippen LogP contribution >= 0.6 is 0 Å². The fourth-order valence-electron chi connectivity index (χ4n) is 3.91. The highest BCUT2D eigenvalue weighted by Crippen LogP contribution is 2.33. The van der Waals surface area contributed by atoms with Gasteiger partial charge in [-0.3, -0.25) is 4.79 Å². The molecule has 4 rings (SSSR count). The second kappa shape index (κ2) is 8.08. The molecular weight excluding hydrogens is 398 g/mol. The van der Waals surface area contributed by atoms with E-state index in [9.17, 15) is 13.2 Å². The number of amides is 1. The topological polar surface area (TPSA) is 71.4 Å². The lowest BCUT2D eigenvalue weighted by atomic mass is 9.99. The molecule has 1 aromatic heterocycles. The van der Waals surface area contributed by atoms with Crippen molar-refractivity contribution in [1.82, 2.24) is 14.2 Å². The number of benzene rings is 2. The normalized spacial score (nSPS) is 16.5. The number of hydrogen-bond acceptors (Lipinski definition) is 3. The first-order valence-electron chi connectivity index (χ1n) is 10.00. The number of aromatic nitrogens is 1. The molecule has 1 N–H and O–H groups in total. The van der Waals surface area contributed by atoms with Crippen LogP contribution in [0.5, 0.6) is 0 Å². The summed E-state index contributed by atoms with van der Waals surface area (Å²) in [6, 6.07) is 19.8. The molecule has 0 saturated heterocycles. The molecule has 0 spiro atoms. The molecule has 6 nitrogen and oxygen atoms in total. The molecule has 1 atom stereocenters. The van der Waals surface area contributed by atoms with Gasteiger partial charge in [-0.15, -0.1) is 0 Å². The van der Waals surface area contributed by atoms with Gasteiger partial charge >= 0.3 is 0 Å². The molecule has 2 aromatic carbocycles. The Labute approximate surface area is 177 Å². The van der Waals surface area contributed by atoms with Crippen molar-refractivity contribution in [2.24, 2.45) is 0 Å². The predicted octanol–water partition coefficient (Wildman–Crippen LogP) is 3.42. The SMILES string of the molecule is CC(C)NS(=O)(=O)c1ccc(C(=O)N2CCn3cccc3C2c2ccccc2)cc1. The minimum atomic E-state index is -3.59. The third-order valence-electron chi connectivity index (χ3n) is 5.22. The van der Waals surface area contributed by atoms with E-state index < -0.39 is 10.0 Å². The summed E-state index contributed by atoms with van der Waals surface area (Å²) >= 11 is 0. The summed E-state index contributed by atoms with van der Waals surface area (Å²) in [4.78, 5) is 15.4. The van der Waals surface area contributed by atoms with Gasteiger partial charge in [-0.1, -0.05) is 30.3 Å². The first-order valence-corrected chi connectivity index (χ1v) is 11.5. The third-order valence-corrected chi connectivity index (χ3v) is 6.89. The van der Waals surface area contributed by atoms with Crippen LogP contribution in [0.3, 0.4) is 0 Å². The van der Waals surface area contributed by atoms with Crippen molar-refractivity contribution >= 4 is 15.9 Å². The Balaban J connectivity index is 1.65. The zero-order chi connectivity index (χ0) is 21.3. The minimum absolute atomic E-state index is 0.114. The van der Waals surface area contributed by atoms with E-state index in [1.54, 1.807) is 26.0 Å². The maximum absolute atomic E-state index is 13.4. The second-order valence-corrected chi connectivity index (χ2v) is 9.45. The average molecular weight is 424 g/mol. The molecular formula is C23H25N3O3S. The number of carbonyl (C=O) groups excluding carboxylic acids is 1. The standard InChI is InChI=1S/C23H25N3O3S/c1-17(2)24-30(28,29)20-12-10-19(11-13-20)23(27)26-16-15-25-14-6-9-21(25)22(26)18-7-4-3-5-8-18/h3-14,17,22,24H,15-16H2,1-2H3. The zero-order valence-electron chi connectivity index (χ0n) is 17.0. The molecule has 1 aliphatic rings. The molecule has 0 saturated carbocycles. The molecule has 2 heterocycles. The lowest BCUT2D eigenvalue weighted by Crippen LogP contribution is -2.42. The highest BCUT2D eigenvalue weighted by Gasteiger charge is 2.32. The van der Waals surface area contributed by atoms with Gasteiger partial charge in [-0.2, -0.15) is 0 Å². The quantitative estimate of drug-likeness (QED) is 0.684. The van der Waals surface area contributed by atoms with Crippen molar-refractivity contribution in [3.8, 4) is 0 Å². The second-order valence-electron chi connectivity index (χ2n) is 7.74. The smallest absolute Gasteiger partial charge is 0.254 e. The molecule has 7 heteroatoms. The van der Waals surface area contributed by atoms with E-state index in [1.165, 1.54) is 12.1 Å². The van der Waals surface area contributed by atoms with Crippen molar-refractivity contribution in [2.45, 2.75) is 37.4 Å². The van der Waals surface area contributed by atoms with Gasteiger partial charge in [-0.25, -0.2) is 13.1 Å². The first kappa shape index (κ1) is 20.4. The largest absolute Gasteiger partial charge is 0.348 e. The van der Waals surface area contributed by atoms with Crippen molar-refractivity contribution in [3.63, 3.8) is 0 Å². The summed E-state index contributed by atoms with van der Waals surface area (Å²) < 4.78 is 29.5. The number of rotatable bonds is 5. The van der Waals surface area contributed by atoms with Crippen LogP contribution in [-0.2, 0) is 16.6 Å². The van der Waals surface area contributed by atoms with E-state index in [-0.39, 0.29) is 22.9 Å². The van der Waals surface area contributed by atoms with E-state index >= 15 is 0 Å². The van der Waals surface area contributed by atoms with E-state index in [2.05, 4.69) is 9.29 Å². The highest BCUT2D eigenvalue weighted by molar-refractivity contribution is 7.89. The maximum atomic E-state index is 13.4. The lowest BCUT2D eigenvalue weighted by molar-refractivity contribution is 0.0664. The Morgan fingerprint density at radius 3 is 2.33 bits per heavy atom. The van der Waals surface area contributed by atoms with E-state index in [1.807, 2.05) is 53.6 Å². The van der Waals surface area contributed by atoms with Gasteiger partial charge in [0.15, 0.2) is 0 Å². The van der Waals surface area contributed by atoms with Crippen molar-refractivity contribution in [2.75, 3.05) is 6.54 Å². The number of nitrogens with zero attached hydrogens (tertiary/aromatic N) is 2. The summed E-state index contributed by atoms with van der Waals surface area (Å²) in [6.07, 6.45) is 2.04. The first-order chi connectivity index (χ1) is 14.4. The van der Waals surface area contributed by atoms with Crippen LogP contribution in [0.15, 0.2) is 77.8 Å². The Kier molecular flexibility index (Phi) is 5.49. The number of hydrogen-bond donors (Lipinski definition) is 1. The molecule has 1 aliphatic heterocycles. The van der Waals surface area contributed by atoms with Crippen LogP contribution in [0.4, 0.5) is 0 Å². The average Bonchev–Trinajstić information content (AvgIpc) is 3.21. The molecule has 30 heavy (non-hydrogen) atoms. The van der Waals surface area contributed by atoms with Gasteiger partial charge in [0, 0.05) is 36.6 Å².